The second-order valence-corrected chi connectivity index (χ2v) is 11.7. The maximum atomic E-state index is 13.1. The third-order valence-corrected chi connectivity index (χ3v) is 7.84. The summed E-state index contributed by atoms with van der Waals surface area (Å²) in [6.07, 6.45) is 3.15. The summed E-state index contributed by atoms with van der Waals surface area (Å²) in [6.45, 7) is 3.37. The highest BCUT2D eigenvalue weighted by atomic mass is 32.2. The molecule has 9 nitrogen and oxygen atoms in total. The summed E-state index contributed by atoms with van der Waals surface area (Å²) in [6, 6.07) is 17.3. The Hall–Kier alpha value is -3.89. The van der Waals surface area contributed by atoms with Gasteiger partial charge in [-0.15, -0.1) is 0 Å². The summed E-state index contributed by atoms with van der Waals surface area (Å²) < 4.78 is 25.5. The Morgan fingerprint density at radius 1 is 0.947 bits per heavy atom. The Kier molecular flexibility index (Phi) is 7.09. The first-order chi connectivity index (χ1) is 18.2. The molecular weight excluding hydrogens is 502 g/mol. The van der Waals surface area contributed by atoms with Gasteiger partial charge in [0.15, 0.2) is 15.6 Å². The van der Waals surface area contributed by atoms with E-state index in [0.717, 1.165) is 48.9 Å². The SMILES string of the molecule is CN1CCN(C(=O)Cn2cc3cc(CC(=O)c4cccc(-c5cccc(S(C)(=O)=O)c5)n4)ccc3n2)CC1. The highest BCUT2D eigenvalue weighted by Gasteiger charge is 2.20. The second-order valence-electron chi connectivity index (χ2n) is 9.71. The molecule has 0 aliphatic carbocycles. The zero-order valence-corrected chi connectivity index (χ0v) is 22.2. The van der Waals surface area contributed by atoms with E-state index in [1.807, 2.05) is 29.3 Å². The molecule has 0 atom stereocenters. The molecule has 0 bridgehead atoms. The predicted molar refractivity (Wildman–Crippen MR) is 145 cm³/mol. The van der Waals surface area contributed by atoms with E-state index < -0.39 is 9.84 Å². The first-order valence-electron chi connectivity index (χ1n) is 12.4. The number of hydrogen-bond donors (Lipinski definition) is 0. The van der Waals surface area contributed by atoms with Crippen LogP contribution >= 0.6 is 0 Å². The molecule has 4 aromatic rings. The number of Topliss-reactive ketones (excluding diaryl/α,β-unsaturated/α-hetero) is 1. The van der Waals surface area contributed by atoms with Gasteiger partial charge < -0.3 is 9.80 Å². The van der Waals surface area contributed by atoms with Crippen molar-refractivity contribution in [2.75, 3.05) is 39.5 Å². The van der Waals surface area contributed by atoms with Crippen molar-refractivity contribution < 1.29 is 18.0 Å². The van der Waals surface area contributed by atoms with Crippen molar-refractivity contribution in [1.29, 1.82) is 0 Å². The van der Waals surface area contributed by atoms with Gasteiger partial charge in [0, 0.05) is 56.0 Å². The van der Waals surface area contributed by atoms with Crippen LogP contribution in [0.15, 0.2) is 71.8 Å². The van der Waals surface area contributed by atoms with Crippen molar-refractivity contribution in [3.05, 3.63) is 78.1 Å². The molecular formula is C28H29N5O4S. The van der Waals surface area contributed by atoms with Gasteiger partial charge >= 0.3 is 0 Å². The van der Waals surface area contributed by atoms with E-state index >= 15 is 0 Å². The Balaban J connectivity index is 1.29. The van der Waals surface area contributed by atoms with Crippen molar-refractivity contribution >= 4 is 32.4 Å². The van der Waals surface area contributed by atoms with Crippen molar-refractivity contribution in [2.45, 2.75) is 17.9 Å². The summed E-state index contributed by atoms with van der Waals surface area (Å²) in [5, 5.41) is 5.39. The van der Waals surface area contributed by atoms with Crippen LogP contribution in [0.5, 0.6) is 0 Å². The number of piperazine rings is 1. The van der Waals surface area contributed by atoms with Gasteiger partial charge in [-0.05, 0) is 49.0 Å². The molecule has 1 aliphatic heterocycles. The Morgan fingerprint density at radius 2 is 1.71 bits per heavy atom. The second kappa shape index (κ2) is 10.5. The molecule has 1 saturated heterocycles. The zero-order chi connectivity index (χ0) is 26.9. The van der Waals surface area contributed by atoms with Gasteiger partial charge in [-0.2, -0.15) is 5.10 Å². The third kappa shape index (κ3) is 5.81. The monoisotopic (exact) mass is 531 g/mol. The number of carbonyl (C=O) groups is 2. The van der Waals surface area contributed by atoms with Gasteiger partial charge in [-0.1, -0.05) is 24.3 Å². The average molecular weight is 532 g/mol. The first kappa shape index (κ1) is 25.7. The normalized spacial score (nSPS) is 14.6. The number of sulfone groups is 1. The minimum atomic E-state index is -3.36. The van der Waals surface area contributed by atoms with Gasteiger partial charge in [-0.3, -0.25) is 14.3 Å². The van der Waals surface area contributed by atoms with Crippen LogP contribution in [-0.4, -0.2) is 84.2 Å². The maximum Gasteiger partial charge on any atom is 0.244 e. The highest BCUT2D eigenvalue weighted by Crippen LogP contribution is 2.22. The minimum Gasteiger partial charge on any atom is -0.339 e. The molecule has 2 aromatic heterocycles. The molecule has 0 radical (unpaired) electrons. The van der Waals surface area contributed by atoms with Gasteiger partial charge in [0.05, 0.1) is 16.1 Å². The summed E-state index contributed by atoms with van der Waals surface area (Å²) in [5.41, 5.74) is 3.04. The van der Waals surface area contributed by atoms with Crippen LogP contribution in [-0.2, 0) is 27.6 Å². The van der Waals surface area contributed by atoms with Crippen molar-refractivity contribution in [2.24, 2.45) is 0 Å². The molecule has 5 rings (SSSR count). The average Bonchev–Trinajstić information content (AvgIpc) is 3.30. The van der Waals surface area contributed by atoms with Gasteiger partial charge in [0.2, 0.25) is 5.91 Å². The fraction of sp³-hybridized carbons (Fsp3) is 0.286. The van der Waals surface area contributed by atoms with E-state index in [9.17, 15) is 18.0 Å². The van der Waals surface area contributed by atoms with Gasteiger partial charge in [0.25, 0.3) is 0 Å². The number of rotatable bonds is 7. The summed E-state index contributed by atoms with van der Waals surface area (Å²) in [5.74, 6) is -0.0996. The lowest BCUT2D eigenvalue weighted by atomic mass is 10.0. The molecule has 0 spiro atoms. The van der Waals surface area contributed by atoms with Crippen LogP contribution in [0.1, 0.15) is 16.1 Å². The number of hydrogen-bond acceptors (Lipinski definition) is 7. The summed E-state index contributed by atoms with van der Waals surface area (Å²) in [4.78, 5) is 34.5. The lowest BCUT2D eigenvalue weighted by Crippen LogP contribution is -2.48. The lowest BCUT2D eigenvalue weighted by Gasteiger charge is -2.32. The highest BCUT2D eigenvalue weighted by molar-refractivity contribution is 7.90. The van der Waals surface area contributed by atoms with Crippen molar-refractivity contribution in [1.82, 2.24) is 24.6 Å². The zero-order valence-electron chi connectivity index (χ0n) is 21.4. The standard InChI is InChI=1S/C28H29N5O4S/c1-31-11-13-32(14-12-31)28(35)19-33-18-22-15-20(9-10-25(22)30-33)16-27(34)26-8-4-7-24(29-26)21-5-3-6-23(17-21)38(2,36)37/h3-10,15,17-18H,11-14,16,19H2,1-2H3. The number of nitrogens with zero attached hydrogens (tertiary/aromatic N) is 5. The van der Waals surface area contributed by atoms with Crippen LogP contribution < -0.4 is 0 Å². The first-order valence-corrected chi connectivity index (χ1v) is 14.3. The number of pyridine rings is 1. The number of fused-ring (bicyclic) bond motifs is 1. The molecule has 1 aliphatic rings. The molecule has 10 heteroatoms. The summed E-state index contributed by atoms with van der Waals surface area (Å²) >= 11 is 0. The van der Waals surface area contributed by atoms with Crippen LogP contribution in [0.4, 0.5) is 0 Å². The van der Waals surface area contributed by atoms with Crippen LogP contribution in [0.2, 0.25) is 0 Å². The van der Waals surface area contributed by atoms with E-state index in [2.05, 4.69) is 22.0 Å². The van der Waals surface area contributed by atoms with Gasteiger partial charge in [0.1, 0.15) is 12.2 Å². The topological polar surface area (TPSA) is 105 Å². The molecule has 196 valence electrons. The molecule has 0 N–H and O–H groups in total. The molecule has 1 amide bonds. The molecule has 2 aromatic carbocycles. The molecule has 3 heterocycles. The lowest BCUT2D eigenvalue weighted by molar-refractivity contribution is -0.133. The Labute approximate surface area is 221 Å². The molecule has 1 fully saturated rings. The van der Waals surface area contributed by atoms with Crippen LogP contribution in [0.25, 0.3) is 22.2 Å². The molecule has 38 heavy (non-hydrogen) atoms. The fourth-order valence-corrected chi connectivity index (χ4v) is 5.19. The largest absolute Gasteiger partial charge is 0.339 e. The van der Waals surface area contributed by atoms with Crippen molar-refractivity contribution in [3.8, 4) is 11.3 Å². The van der Waals surface area contributed by atoms with E-state index in [4.69, 9.17) is 0 Å². The molecule has 0 saturated carbocycles. The van der Waals surface area contributed by atoms with Gasteiger partial charge in [-0.25, -0.2) is 13.4 Å². The number of benzene rings is 2. The van der Waals surface area contributed by atoms with Crippen molar-refractivity contribution in [3.63, 3.8) is 0 Å². The summed E-state index contributed by atoms with van der Waals surface area (Å²) in [7, 11) is -1.30. The van der Waals surface area contributed by atoms with E-state index in [1.165, 1.54) is 6.07 Å². The van der Waals surface area contributed by atoms with Crippen LogP contribution in [0, 0.1) is 0 Å². The number of aromatic nitrogens is 3. The maximum absolute atomic E-state index is 13.1. The third-order valence-electron chi connectivity index (χ3n) is 6.73. The van der Waals surface area contributed by atoms with Crippen LogP contribution in [0.3, 0.4) is 0 Å². The number of amides is 1. The Morgan fingerprint density at radius 3 is 2.47 bits per heavy atom. The molecule has 0 unspecified atom stereocenters. The number of carbonyl (C=O) groups excluding carboxylic acids is 2. The number of ketones is 1. The van der Waals surface area contributed by atoms with E-state index in [-0.39, 0.29) is 29.6 Å². The predicted octanol–water partition coefficient (Wildman–Crippen LogP) is 2.70. The fourth-order valence-electron chi connectivity index (χ4n) is 4.52. The van der Waals surface area contributed by atoms with E-state index in [1.54, 1.807) is 41.1 Å². The quantitative estimate of drug-likeness (QED) is 0.338. The Bertz CT molecular complexity index is 1620. The number of likely N-dealkylation sites (N-methyl/N-ethyl adjacent to an activating group) is 1. The smallest absolute Gasteiger partial charge is 0.244 e. The minimum absolute atomic E-state index is 0.0503. The van der Waals surface area contributed by atoms with E-state index in [0.29, 0.717) is 17.0 Å².